The summed E-state index contributed by atoms with van der Waals surface area (Å²) in [4.78, 5) is 18.9. The molecule has 1 aliphatic rings. The van der Waals surface area contributed by atoms with Crippen molar-refractivity contribution >= 4 is 40.7 Å². The van der Waals surface area contributed by atoms with Crippen molar-refractivity contribution < 1.29 is 45.0 Å². The van der Waals surface area contributed by atoms with E-state index in [-0.39, 0.29) is 47.9 Å². The zero-order chi connectivity index (χ0) is 31.0. The highest BCUT2D eigenvalue weighted by molar-refractivity contribution is 6.38. The standard InChI is InChI=1S/C25H20Cl3F7N4O3/c1-41-4-5-42-12-38(16-2-3-16)22(40)17-6-13(9-36-21(17)28)14-10-37-39(11-14)20-18(26)7-15(8-19(20)27)23(29,24(30,31)32)25(33,34)35/h6-11,16H,2-5,12H2,1H3. The van der Waals surface area contributed by atoms with Gasteiger partial charge in [0.15, 0.2) is 0 Å². The maximum Gasteiger partial charge on any atom is 0.435 e. The van der Waals surface area contributed by atoms with Crippen LogP contribution in [-0.2, 0) is 15.1 Å². The summed E-state index contributed by atoms with van der Waals surface area (Å²) in [6, 6.07) is 1.78. The lowest BCUT2D eigenvalue weighted by molar-refractivity contribution is -0.348. The second-order valence-electron chi connectivity index (χ2n) is 9.21. The van der Waals surface area contributed by atoms with E-state index < -0.39 is 39.5 Å². The quantitative estimate of drug-likeness (QED) is 0.0979. The van der Waals surface area contributed by atoms with Crippen LogP contribution in [0.1, 0.15) is 28.8 Å². The summed E-state index contributed by atoms with van der Waals surface area (Å²) >= 11 is 18.2. The molecule has 0 saturated heterocycles. The first-order valence-corrected chi connectivity index (χ1v) is 13.1. The van der Waals surface area contributed by atoms with E-state index in [1.54, 1.807) is 0 Å². The third-order valence-electron chi connectivity index (χ3n) is 6.32. The van der Waals surface area contributed by atoms with Crippen LogP contribution in [0.15, 0.2) is 36.8 Å². The summed E-state index contributed by atoms with van der Waals surface area (Å²) < 4.78 is 105. The molecule has 0 bridgehead atoms. The average molecular weight is 664 g/mol. The maximum absolute atomic E-state index is 14.6. The first-order chi connectivity index (χ1) is 19.6. The fourth-order valence-corrected chi connectivity index (χ4v) is 4.84. The molecular formula is C25H20Cl3F7N4O3. The van der Waals surface area contributed by atoms with Crippen LogP contribution in [0, 0.1) is 0 Å². The lowest BCUT2D eigenvalue weighted by Crippen LogP contribution is -2.50. The third kappa shape index (κ3) is 6.32. The fourth-order valence-electron chi connectivity index (χ4n) is 4.00. The van der Waals surface area contributed by atoms with E-state index in [1.165, 1.54) is 36.7 Å². The zero-order valence-electron chi connectivity index (χ0n) is 21.4. The number of hydrogen-bond donors (Lipinski definition) is 0. The molecule has 1 fully saturated rings. The Bertz CT molecular complexity index is 1420. The van der Waals surface area contributed by atoms with E-state index in [2.05, 4.69) is 10.1 Å². The predicted molar refractivity (Wildman–Crippen MR) is 139 cm³/mol. The van der Waals surface area contributed by atoms with Gasteiger partial charge in [0.2, 0.25) is 0 Å². The number of carbonyl (C=O) groups is 1. The van der Waals surface area contributed by atoms with Gasteiger partial charge in [0, 0.05) is 42.2 Å². The van der Waals surface area contributed by atoms with Crippen molar-refractivity contribution in [1.82, 2.24) is 19.7 Å². The number of benzene rings is 1. The topological polar surface area (TPSA) is 69.5 Å². The molecule has 7 nitrogen and oxygen atoms in total. The summed E-state index contributed by atoms with van der Waals surface area (Å²) in [5, 5.41) is 2.47. The minimum Gasteiger partial charge on any atom is -0.382 e. The minimum absolute atomic E-state index is 0.00118. The molecule has 1 aliphatic carbocycles. The van der Waals surface area contributed by atoms with Gasteiger partial charge in [0.25, 0.3) is 5.91 Å². The molecule has 17 heteroatoms. The molecule has 2 heterocycles. The summed E-state index contributed by atoms with van der Waals surface area (Å²) in [6.07, 6.45) is -7.25. The summed E-state index contributed by atoms with van der Waals surface area (Å²) in [6.45, 7) is 0.606. The van der Waals surface area contributed by atoms with Crippen LogP contribution in [0.5, 0.6) is 0 Å². The number of ether oxygens (including phenoxy) is 2. The number of amides is 1. The summed E-state index contributed by atoms with van der Waals surface area (Å²) in [5.74, 6) is -0.438. The van der Waals surface area contributed by atoms with Crippen LogP contribution in [-0.4, -0.2) is 71.0 Å². The highest BCUT2D eigenvalue weighted by Crippen LogP contribution is 2.54. The average Bonchev–Trinajstić information content (AvgIpc) is 3.62. The van der Waals surface area contributed by atoms with Gasteiger partial charge in [-0.3, -0.25) is 4.79 Å². The predicted octanol–water partition coefficient (Wildman–Crippen LogP) is 7.41. The number of rotatable bonds is 10. The van der Waals surface area contributed by atoms with Crippen LogP contribution in [0.3, 0.4) is 0 Å². The number of alkyl halides is 7. The molecule has 0 unspecified atom stereocenters. The molecule has 1 amide bonds. The SMILES string of the molecule is COCCOCN(C(=O)c1cc(-c2cnn(-c3c(Cl)cc(C(F)(C(F)(F)F)C(F)(F)F)cc3Cl)c2)cnc1Cl)C1CC1. The molecule has 0 N–H and O–H groups in total. The lowest BCUT2D eigenvalue weighted by Gasteiger charge is -2.30. The lowest BCUT2D eigenvalue weighted by atomic mass is 9.94. The number of nitrogens with zero attached hydrogens (tertiary/aromatic N) is 4. The Hall–Kier alpha value is -2.65. The van der Waals surface area contributed by atoms with Gasteiger partial charge < -0.3 is 14.4 Å². The van der Waals surface area contributed by atoms with E-state index >= 15 is 0 Å². The Morgan fingerprint density at radius 1 is 0.976 bits per heavy atom. The zero-order valence-corrected chi connectivity index (χ0v) is 23.6. The monoisotopic (exact) mass is 662 g/mol. The maximum atomic E-state index is 14.6. The molecule has 42 heavy (non-hydrogen) atoms. The van der Waals surface area contributed by atoms with Crippen LogP contribution >= 0.6 is 34.8 Å². The Kier molecular flexibility index (Phi) is 9.34. The van der Waals surface area contributed by atoms with E-state index in [1.807, 2.05) is 0 Å². The number of hydrogen-bond acceptors (Lipinski definition) is 5. The van der Waals surface area contributed by atoms with Crippen molar-refractivity contribution in [2.75, 3.05) is 27.1 Å². The van der Waals surface area contributed by atoms with Gasteiger partial charge in [0.05, 0.1) is 35.0 Å². The van der Waals surface area contributed by atoms with Gasteiger partial charge in [-0.15, -0.1) is 0 Å². The van der Waals surface area contributed by atoms with Crippen molar-refractivity contribution in [2.45, 2.75) is 36.9 Å². The van der Waals surface area contributed by atoms with Crippen molar-refractivity contribution in [3.63, 3.8) is 0 Å². The van der Waals surface area contributed by atoms with Crippen molar-refractivity contribution in [3.05, 3.63) is 63.1 Å². The van der Waals surface area contributed by atoms with Gasteiger partial charge in [-0.1, -0.05) is 34.8 Å². The molecule has 3 aromatic rings. The molecule has 228 valence electrons. The number of pyridine rings is 1. The Morgan fingerprint density at radius 2 is 1.60 bits per heavy atom. The second-order valence-corrected chi connectivity index (χ2v) is 10.4. The van der Waals surface area contributed by atoms with Crippen molar-refractivity contribution in [3.8, 4) is 16.8 Å². The molecule has 4 rings (SSSR count). The van der Waals surface area contributed by atoms with Crippen LogP contribution < -0.4 is 0 Å². The second kappa shape index (κ2) is 12.2. The van der Waals surface area contributed by atoms with Gasteiger partial charge in [0.1, 0.15) is 17.6 Å². The van der Waals surface area contributed by atoms with Crippen LogP contribution in [0.2, 0.25) is 15.2 Å². The van der Waals surface area contributed by atoms with E-state index in [0.29, 0.717) is 17.7 Å². The van der Waals surface area contributed by atoms with Crippen molar-refractivity contribution in [1.29, 1.82) is 0 Å². The first kappa shape index (κ1) is 32.3. The molecule has 2 aromatic heterocycles. The Balaban J connectivity index is 1.65. The molecule has 0 spiro atoms. The van der Waals surface area contributed by atoms with Gasteiger partial charge >= 0.3 is 18.0 Å². The van der Waals surface area contributed by atoms with E-state index in [0.717, 1.165) is 17.5 Å². The van der Waals surface area contributed by atoms with Crippen molar-refractivity contribution in [2.24, 2.45) is 0 Å². The van der Waals surface area contributed by atoms with Crippen LogP contribution in [0.25, 0.3) is 16.8 Å². The molecule has 0 radical (unpaired) electrons. The van der Waals surface area contributed by atoms with E-state index in [4.69, 9.17) is 44.3 Å². The molecule has 0 atom stereocenters. The van der Waals surface area contributed by atoms with Gasteiger partial charge in [-0.2, -0.15) is 31.4 Å². The minimum atomic E-state index is -6.35. The molecule has 1 aromatic carbocycles. The largest absolute Gasteiger partial charge is 0.435 e. The molecular weight excluding hydrogens is 644 g/mol. The number of carbonyl (C=O) groups excluding carboxylic acids is 1. The number of aromatic nitrogens is 3. The van der Waals surface area contributed by atoms with E-state index in [9.17, 15) is 35.5 Å². The first-order valence-electron chi connectivity index (χ1n) is 12.0. The summed E-state index contributed by atoms with van der Waals surface area (Å²) in [5.41, 5.74) is -7.17. The highest BCUT2D eigenvalue weighted by Gasteiger charge is 2.73. The molecule has 1 saturated carbocycles. The van der Waals surface area contributed by atoms with Crippen LogP contribution in [0.4, 0.5) is 30.7 Å². The number of halogens is 10. The Labute approximate surface area is 249 Å². The summed E-state index contributed by atoms with van der Waals surface area (Å²) in [7, 11) is 1.51. The smallest absolute Gasteiger partial charge is 0.382 e. The van der Waals surface area contributed by atoms with Gasteiger partial charge in [-0.25, -0.2) is 14.1 Å². The number of methoxy groups -OCH3 is 1. The Morgan fingerprint density at radius 3 is 2.14 bits per heavy atom. The third-order valence-corrected chi connectivity index (χ3v) is 7.20. The molecule has 0 aliphatic heterocycles. The normalized spacial score (nSPS) is 14.4. The van der Waals surface area contributed by atoms with Gasteiger partial charge in [-0.05, 0) is 31.0 Å². The highest BCUT2D eigenvalue weighted by atomic mass is 35.5. The fraction of sp³-hybridized carbons (Fsp3) is 0.400.